The Hall–Kier alpha value is 0.414. The van der Waals surface area contributed by atoms with Crippen LogP contribution >= 0.6 is 0 Å². The summed E-state index contributed by atoms with van der Waals surface area (Å²) >= 11 is 0. The fraction of sp³-hybridized carbons (Fsp3) is 0.250. The number of hydrogen-bond acceptors (Lipinski definition) is 0. The summed E-state index contributed by atoms with van der Waals surface area (Å²) in [6.45, 7) is 6.49. The van der Waals surface area contributed by atoms with Crippen molar-refractivity contribution in [2.45, 2.75) is 20.8 Å². The Balaban J connectivity index is -0.000000422. The minimum Gasteiger partial charge on any atom is -1.00 e. The molecule has 0 unspecified atom stereocenters. The third-order valence-corrected chi connectivity index (χ3v) is 2.47. The molecule has 0 aliphatic rings. The van der Waals surface area contributed by atoms with Crippen LogP contribution in [0, 0.1) is 20.8 Å². The van der Waals surface area contributed by atoms with Crippen molar-refractivity contribution in [3.05, 3.63) is 41.0 Å². The van der Waals surface area contributed by atoms with Crippen molar-refractivity contribution < 1.29 is 58.9 Å². The van der Waals surface area contributed by atoms with E-state index in [1.165, 1.54) is 27.5 Å². The van der Waals surface area contributed by atoms with Crippen LogP contribution in [-0.4, -0.2) is 0 Å². The molecule has 0 radical (unpaired) electrons. The van der Waals surface area contributed by atoms with E-state index in [2.05, 4.69) is 45.0 Å². The summed E-state index contributed by atoms with van der Waals surface area (Å²) in [5.41, 5.74) is 4.12. The van der Waals surface area contributed by atoms with Gasteiger partial charge in [-0.25, -0.2) is 0 Å². The normalized spacial score (nSPS) is 8.19. The molecule has 0 aliphatic carbocycles. The molecule has 0 atom stereocenters. The van der Waals surface area contributed by atoms with Crippen LogP contribution in [0.3, 0.4) is 0 Å². The SMILES string of the molecule is Cc1cc2c(C)ccc(C)c2[cH-]1.[Cl-].[Cl-].[Cl-].[Ti+4]. The average molecular weight is 311 g/mol. The van der Waals surface area contributed by atoms with Crippen molar-refractivity contribution in [1.29, 1.82) is 0 Å². The molecular formula is C12H13Cl3Ti. The second kappa shape index (κ2) is 8.50. The molecule has 0 saturated carbocycles. The number of fused-ring (bicyclic) bond motifs is 1. The zero-order valence-electron chi connectivity index (χ0n) is 9.44. The van der Waals surface area contributed by atoms with Gasteiger partial charge in [-0.05, 0) is 6.92 Å². The van der Waals surface area contributed by atoms with Gasteiger partial charge in [0, 0.05) is 0 Å². The first-order valence-corrected chi connectivity index (χ1v) is 4.32. The number of rotatable bonds is 0. The van der Waals surface area contributed by atoms with Gasteiger partial charge in [0.1, 0.15) is 0 Å². The molecule has 2 aromatic carbocycles. The third kappa shape index (κ3) is 4.02. The van der Waals surface area contributed by atoms with Gasteiger partial charge in [0.25, 0.3) is 0 Å². The van der Waals surface area contributed by atoms with E-state index < -0.39 is 0 Å². The smallest absolute Gasteiger partial charge is 1.00 e. The fourth-order valence-corrected chi connectivity index (χ4v) is 1.73. The minimum atomic E-state index is 0. The summed E-state index contributed by atoms with van der Waals surface area (Å²) in [6, 6.07) is 8.91. The second-order valence-corrected chi connectivity index (χ2v) is 3.56. The van der Waals surface area contributed by atoms with Crippen LogP contribution in [0.5, 0.6) is 0 Å². The van der Waals surface area contributed by atoms with Gasteiger partial charge < -0.3 is 37.2 Å². The molecule has 0 saturated heterocycles. The Morgan fingerprint density at radius 2 is 1.38 bits per heavy atom. The number of hydrogen-bond donors (Lipinski definition) is 0. The molecule has 0 aliphatic heterocycles. The summed E-state index contributed by atoms with van der Waals surface area (Å²) in [7, 11) is 0. The number of halogens is 3. The standard InChI is InChI=1S/C12H13.3ClH.Ti/c1-8-6-11-9(2)4-5-10(3)12(11)7-8;;;;/h4-7H,1-3H3;3*1H;/q-1;;;;+4/p-3. The Bertz CT molecular complexity index is 396. The van der Waals surface area contributed by atoms with Crippen molar-refractivity contribution in [1.82, 2.24) is 0 Å². The van der Waals surface area contributed by atoms with Crippen LogP contribution in [-0.2, 0) is 21.7 Å². The molecule has 0 amide bonds. The molecule has 2 rings (SSSR count). The van der Waals surface area contributed by atoms with Gasteiger partial charge in [-0.15, -0.1) is 34.0 Å². The first kappa shape index (κ1) is 21.7. The van der Waals surface area contributed by atoms with Gasteiger partial charge in [0.05, 0.1) is 0 Å². The van der Waals surface area contributed by atoms with Gasteiger partial charge in [-0.1, -0.05) is 25.5 Å². The van der Waals surface area contributed by atoms with Crippen molar-refractivity contribution in [2.75, 3.05) is 0 Å². The van der Waals surface area contributed by atoms with Crippen molar-refractivity contribution in [2.24, 2.45) is 0 Å². The van der Waals surface area contributed by atoms with Crippen LogP contribution in [0.1, 0.15) is 16.7 Å². The number of benzene rings is 1. The summed E-state index contributed by atoms with van der Waals surface area (Å²) in [4.78, 5) is 0. The molecule has 86 valence electrons. The van der Waals surface area contributed by atoms with Gasteiger partial charge in [0.15, 0.2) is 0 Å². The topological polar surface area (TPSA) is 0 Å². The molecule has 0 fully saturated rings. The van der Waals surface area contributed by atoms with E-state index in [0.717, 1.165) is 0 Å². The van der Waals surface area contributed by atoms with E-state index in [-0.39, 0.29) is 58.9 Å². The second-order valence-electron chi connectivity index (χ2n) is 3.56. The van der Waals surface area contributed by atoms with Gasteiger partial charge >= 0.3 is 21.7 Å². The maximum Gasteiger partial charge on any atom is 4.00 e. The predicted octanol–water partition coefficient (Wildman–Crippen LogP) is -5.51. The van der Waals surface area contributed by atoms with Crippen LogP contribution in [0.4, 0.5) is 0 Å². The average Bonchev–Trinajstić information content (AvgIpc) is 2.41. The van der Waals surface area contributed by atoms with Crippen LogP contribution in [0.25, 0.3) is 10.8 Å². The maximum absolute atomic E-state index is 2.26. The molecule has 2 aromatic rings. The zero-order valence-corrected chi connectivity index (χ0v) is 13.3. The molecule has 0 spiro atoms. The van der Waals surface area contributed by atoms with E-state index in [1.54, 1.807) is 0 Å². The quantitative estimate of drug-likeness (QED) is 0.336. The van der Waals surface area contributed by atoms with E-state index in [0.29, 0.717) is 0 Å². The maximum atomic E-state index is 2.26. The van der Waals surface area contributed by atoms with Crippen molar-refractivity contribution >= 4 is 10.8 Å². The zero-order chi connectivity index (χ0) is 8.72. The van der Waals surface area contributed by atoms with E-state index in [9.17, 15) is 0 Å². The van der Waals surface area contributed by atoms with Gasteiger partial charge in [-0.2, -0.15) is 6.07 Å². The summed E-state index contributed by atoms with van der Waals surface area (Å²) in [5, 5.41) is 2.82. The van der Waals surface area contributed by atoms with E-state index >= 15 is 0 Å². The van der Waals surface area contributed by atoms with E-state index in [4.69, 9.17) is 0 Å². The Morgan fingerprint density at radius 1 is 0.875 bits per heavy atom. The Kier molecular flexibility index (Phi) is 11.5. The first-order valence-electron chi connectivity index (χ1n) is 4.32. The van der Waals surface area contributed by atoms with Crippen molar-refractivity contribution in [3.63, 3.8) is 0 Å². The van der Waals surface area contributed by atoms with E-state index in [1.807, 2.05) is 0 Å². The first-order chi connectivity index (χ1) is 5.68. The summed E-state index contributed by atoms with van der Waals surface area (Å²) < 4.78 is 0. The monoisotopic (exact) mass is 310 g/mol. The Labute approximate surface area is 131 Å². The molecule has 0 aromatic heterocycles. The van der Waals surface area contributed by atoms with Crippen LogP contribution in [0.2, 0.25) is 0 Å². The third-order valence-electron chi connectivity index (χ3n) is 2.47. The Morgan fingerprint density at radius 3 is 1.88 bits per heavy atom. The largest absolute Gasteiger partial charge is 4.00 e. The predicted molar refractivity (Wildman–Crippen MR) is 53.8 cm³/mol. The van der Waals surface area contributed by atoms with Crippen LogP contribution in [0.15, 0.2) is 24.3 Å². The molecule has 16 heavy (non-hydrogen) atoms. The number of aryl methyl sites for hydroxylation is 3. The summed E-state index contributed by atoms with van der Waals surface area (Å²) in [6.07, 6.45) is 0. The molecule has 0 nitrogen and oxygen atoms in total. The van der Waals surface area contributed by atoms with Gasteiger partial charge in [-0.3, -0.25) is 0 Å². The molecule has 4 heteroatoms. The van der Waals surface area contributed by atoms with Crippen LogP contribution < -0.4 is 37.2 Å². The minimum absolute atomic E-state index is 0. The molecule has 0 bridgehead atoms. The molecule has 0 N–H and O–H groups in total. The van der Waals surface area contributed by atoms with Crippen molar-refractivity contribution in [3.8, 4) is 0 Å². The molecular weight excluding hydrogens is 298 g/mol. The van der Waals surface area contributed by atoms with Gasteiger partial charge in [0.2, 0.25) is 0 Å². The summed E-state index contributed by atoms with van der Waals surface area (Å²) in [5.74, 6) is 0. The fourth-order valence-electron chi connectivity index (χ4n) is 1.73. The molecule has 0 heterocycles.